The molecule has 0 aromatic heterocycles. The Hall–Kier alpha value is -5.18. The van der Waals surface area contributed by atoms with Gasteiger partial charge < -0.3 is 45.4 Å². The third kappa shape index (κ3) is 21.4. The lowest BCUT2D eigenvalue weighted by Crippen LogP contribution is -2.43. The minimum Gasteiger partial charge on any atom is -0.444 e. The summed E-state index contributed by atoms with van der Waals surface area (Å²) in [5.41, 5.74) is 12.3. The largest absolute Gasteiger partial charge is 0.444 e. The molecule has 5 aromatic rings. The van der Waals surface area contributed by atoms with Crippen LogP contribution >= 0.6 is 55.1 Å². The molecule has 4 N–H and O–H groups in total. The van der Waals surface area contributed by atoms with Gasteiger partial charge in [-0.3, -0.25) is 0 Å². The van der Waals surface area contributed by atoms with Crippen LogP contribution in [-0.4, -0.2) is 129 Å². The minimum absolute atomic E-state index is 0.185. The van der Waals surface area contributed by atoms with Crippen LogP contribution in [0.5, 0.6) is 0 Å². The van der Waals surface area contributed by atoms with E-state index in [0.717, 1.165) is 104 Å². The second-order valence-corrected chi connectivity index (χ2v) is 27.0. The molecule has 3 heterocycles. The zero-order chi connectivity index (χ0) is 60.4. The van der Waals surface area contributed by atoms with Crippen LogP contribution in [0, 0.1) is 29.1 Å². The predicted octanol–water partition coefficient (Wildman–Crippen LogP) is 15.7. The highest BCUT2D eigenvalue weighted by Gasteiger charge is 2.34. The molecular weight excluding hydrogens is 1220 g/mol. The summed E-state index contributed by atoms with van der Waals surface area (Å²) in [5.74, 6) is 2.60. The van der Waals surface area contributed by atoms with Crippen LogP contribution in [0.15, 0.2) is 124 Å². The summed E-state index contributed by atoms with van der Waals surface area (Å²) in [7, 11) is 5.98. The Balaban J connectivity index is 0.000000208. The first kappa shape index (κ1) is 67.0. The molecule has 3 aliphatic heterocycles. The van der Waals surface area contributed by atoms with Gasteiger partial charge in [-0.25, -0.2) is 14.4 Å². The number of hydrogen-bond acceptors (Lipinski definition) is 9. The van der Waals surface area contributed by atoms with Crippen molar-refractivity contribution in [3.05, 3.63) is 157 Å². The van der Waals surface area contributed by atoms with Crippen LogP contribution in [0.2, 0.25) is 10.0 Å². The first-order valence-corrected chi connectivity index (χ1v) is 31.3. The van der Waals surface area contributed by atoms with E-state index in [9.17, 15) is 19.6 Å². The Morgan fingerprint density at radius 1 is 0.651 bits per heavy atom. The molecule has 0 spiro atoms. The van der Waals surface area contributed by atoms with E-state index in [1.165, 1.54) is 16.7 Å². The number of piperidine rings is 3. The van der Waals surface area contributed by atoms with Gasteiger partial charge in [0.05, 0.1) is 11.6 Å². The normalized spacial score (nSPS) is 16.6. The van der Waals surface area contributed by atoms with Crippen molar-refractivity contribution >= 4 is 79.0 Å². The monoisotopic (exact) mass is 1300 g/mol. The summed E-state index contributed by atoms with van der Waals surface area (Å²) in [6.45, 7) is 18.8. The maximum atomic E-state index is 13.0. The predicted molar refractivity (Wildman–Crippen MR) is 345 cm³/mol. The van der Waals surface area contributed by atoms with Gasteiger partial charge in [0.2, 0.25) is 0 Å². The van der Waals surface area contributed by atoms with E-state index in [1.54, 1.807) is 23.1 Å². The summed E-state index contributed by atoms with van der Waals surface area (Å²) in [6.07, 6.45) is 5.76. The number of anilines is 1. The highest BCUT2D eigenvalue weighted by Crippen LogP contribution is 2.37. The van der Waals surface area contributed by atoms with Gasteiger partial charge in [-0.2, -0.15) is 5.26 Å². The molecule has 3 atom stereocenters. The Morgan fingerprint density at radius 3 is 1.54 bits per heavy atom. The molecule has 3 unspecified atom stereocenters. The summed E-state index contributed by atoms with van der Waals surface area (Å²) in [4.78, 5) is 45.1. The van der Waals surface area contributed by atoms with Crippen molar-refractivity contribution in [2.75, 3.05) is 85.4 Å². The van der Waals surface area contributed by atoms with E-state index in [4.69, 9.17) is 38.4 Å². The molecule has 0 aliphatic carbocycles. The van der Waals surface area contributed by atoms with Crippen molar-refractivity contribution in [1.29, 1.82) is 5.26 Å². The van der Waals surface area contributed by atoms with Crippen LogP contribution in [0.1, 0.15) is 120 Å². The number of ether oxygens (including phenoxy) is 2. The van der Waals surface area contributed by atoms with Gasteiger partial charge in [-0.1, -0.05) is 116 Å². The number of nitriles is 1. The van der Waals surface area contributed by atoms with E-state index in [2.05, 4.69) is 133 Å². The van der Waals surface area contributed by atoms with Gasteiger partial charge >= 0.3 is 18.2 Å². The molecule has 17 heteroatoms. The number of likely N-dealkylation sites (tertiary alicyclic amines) is 3. The number of nitrogens with two attached hydrogens (primary N) is 1. The lowest BCUT2D eigenvalue weighted by molar-refractivity contribution is 0.0164. The first-order valence-electron chi connectivity index (χ1n) is 29.0. The lowest BCUT2D eigenvalue weighted by Gasteiger charge is -2.37. The van der Waals surface area contributed by atoms with Gasteiger partial charge in [0.15, 0.2) is 0 Å². The SMILES string of the molecule is CC(C)(C)OC(=O)N1CCC(C(CN)c2ccc(Br)cc2)CC1.CN1CCC(C(CN(C)C(=O)Nc2cc(Cl)cc(Cl)c2)c2ccc(-c3cccc(C#N)c3)cc2)CC1.CNCC(c1ccc(Br)cc1)C1CCN(C(=O)OC(C)(C)C)CC1. The van der Waals surface area contributed by atoms with Crippen LogP contribution in [0.25, 0.3) is 11.1 Å². The van der Waals surface area contributed by atoms with E-state index < -0.39 is 11.2 Å². The van der Waals surface area contributed by atoms with Gasteiger partial charge in [-0.05, 0) is 226 Å². The molecule has 0 bridgehead atoms. The Kier molecular flexibility index (Phi) is 25.7. The van der Waals surface area contributed by atoms with Crippen LogP contribution < -0.4 is 16.4 Å². The first-order chi connectivity index (χ1) is 39.4. The van der Waals surface area contributed by atoms with Gasteiger partial charge in [0.25, 0.3) is 0 Å². The van der Waals surface area contributed by atoms with E-state index >= 15 is 0 Å². The van der Waals surface area contributed by atoms with E-state index in [1.807, 2.05) is 89.7 Å². The van der Waals surface area contributed by atoms with E-state index in [0.29, 0.717) is 64.0 Å². The summed E-state index contributed by atoms with van der Waals surface area (Å²) >= 11 is 19.2. The summed E-state index contributed by atoms with van der Waals surface area (Å²) < 4.78 is 13.1. The Morgan fingerprint density at radius 2 is 1.08 bits per heavy atom. The molecule has 0 saturated carbocycles. The molecule has 5 aromatic carbocycles. The number of benzene rings is 5. The number of carbonyl (C=O) groups is 3. The third-order valence-corrected chi connectivity index (χ3v) is 17.2. The fourth-order valence-corrected chi connectivity index (χ4v) is 12.3. The number of urea groups is 1. The topological polar surface area (TPSA) is 156 Å². The molecule has 448 valence electrons. The zero-order valence-corrected chi connectivity index (χ0v) is 54.6. The number of carbonyl (C=O) groups excluding carboxylic acids is 3. The quantitative estimate of drug-likeness (QED) is 0.104. The molecule has 0 radical (unpaired) electrons. The van der Waals surface area contributed by atoms with Crippen molar-refractivity contribution < 1.29 is 23.9 Å². The van der Waals surface area contributed by atoms with Gasteiger partial charge in [0, 0.05) is 76.9 Å². The summed E-state index contributed by atoms with van der Waals surface area (Å²) in [5, 5.41) is 16.4. The van der Waals surface area contributed by atoms with Crippen LogP contribution in [-0.2, 0) is 9.47 Å². The number of hydrogen-bond donors (Lipinski definition) is 3. The average Bonchev–Trinajstić information content (AvgIpc) is 3.57. The number of halogens is 4. The van der Waals surface area contributed by atoms with Crippen molar-refractivity contribution in [3.63, 3.8) is 0 Å². The van der Waals surface area contributed by atoms with Gasteiger partial charge in [-0.15, -0.1) is 0 Å². The molecule has 3 saturated heterocycles. The molecule has 13 nitrogen and oxygen atoms in total. The molecular formula is C66H86Br2Cl2N8O5. The van der Waals surface area contributed by atoms with Crippen molar-refractivity contribution in [1.82, 2.24) is 24.9 Å². The van der Waals surface area contributed by atoms with Crippen molar-refractivity contribution in [2.24, 2.45) is 23.5 Å². The fourth-order valence-electron chi connectivity index (χ4n) is 11.3. The number of nitrogens with zero attached hydrogens (tertiary/aromatic N) is 5. The highest BCUT2D eigenvalue weighted by atomic mass is 79.9. The van der Waals surface area contributed by atoms with E-state index in [-0.39, 0.29) is 24.1 Å². The molecule has 3 aliphatic rings. The number of likely N-dealkylation sites (N-methyl/N-ethyl adjacent to an activating group) is 2. The standard InChI is InChI=1S/C29H30Cl2N4O.C19H29BrN2O2.C18H27BrN2O2/c1-34-12-10-23(11-13-34)28(19-35(2)29(36)33-27-16-25(30)15-26(31)17-27)22-8-6-21(7-9-22)24-5-3-4-20(14-24)18-32;1-19(2,3)24-18(23)22-11-9-15(10-12-22)17(13-21-4)14-5-7-16(20)8-6-14;1-18(2,3)23-17(22)21-10-8-14(9-11-21)16(12-20)13-4-6-15(19)7-5-13/h3-9,14-17,23,28H,10-13,19H2,1-2H3,(H,33,36);5-8,15,17,21H,9-13H2,1-4H3;4-7,14,16H,8-12,20H2,1-3H3. The third-order valence-electron chi connectivity index (χ3n) is 15.7. The van der Waals surface area contributed by atoms with Gasteiger partial charge in [0.1, 0.15) is 11.2 Å². The second-order valence-electron chi connectivity index (χ2n) is 24.2. The fraction of sp³-hybridized carbons (Fsp3) is 0.485. The molecule has 4 amide bonds. The maximum absolute atomic E-state index is 13.0. The number of rotatable bonds is 13. The maximum Gasteiger partial charge on any atom is 0.410 e. The number of nitrogens with one attached hydrogen (secondary N) is 2. The minimum atomic E-state index is -0.439. The lowest BCUT2D eigenvalue weighted by atomic mass is 9.79. The average molecular weight is 1300 g/mol. The summed E-state index contributed by atoms with van der Waals surface area (Å²) in [6, 6.07) is 40.2. The smallest absolute Gasteiger partial charge is 0.410 e. The zero-order valence-electron chi connectivity index (χ0n) is 49.9. The molecule has 3 fully saturated rings. The number of amides is 4. The Labute approximate surface area is 521 Å². The van der Waals surface area contributed by atoms with Crippen LogP contribution in [0.3, 0.4) is 0 Å². The van der Waals surface area contributed by atoms with Crippen molar-refractivity contribution in [3.8, 4) is 17.2 Å². The Bertz CT molecular complexity index is 2870. The molecule has 8 rings (SSSR count). The molecule has 83 heavy (non-hydrogen) atoms. The second kappa shape index (κ2) is 31.8. The van der Waals surface area contributed by atoms with Crippen molar-refractivity contribution in [2.45, 2.75) is 109 Å². The highest BCUT2D eigenvalue weighted by molar-refractivity contribution is 9.10. The van der Waals surface area contributed by atoms with Crippen LogP contribution in [0.4, 0.5) is 20.1 Å².